The molecule has 19 heavy (non-hydrogen) atoms. The molecule has 0 bridgehead atoms. The fourth-order valence-corrected chi connectivity index (χ4v) is 1.73. The second-order valence-corrected chi connectivity index (χ2v) is 4.44. The average molecular weight is 256 g/mol. The summed E-state index contributed by atoms with van der Waals surface area (Å²) in [6.07, 6.45) is 1.61. The van der Waals surface area contributed by atoms with Gasteiger partial charge in [-0.1, -0.05) is 29.8 Å². The summed E-state index contributed by atoms with van der Waals surface area (Å²) < 4.78 is 5.30. The number of rotatable bonds is 3. The number of carbonyl (C=O) groups is 1. The van der Waals surface area contributed by atoms with Gasteiger partial charge in [0.15, 0.2) is 0 Å². The fraction of sp³-hybridized carbons (Fsp3) is 0.200. The van der Waals surface area contributed by atoms with Gasteiger partial charge in [0.2, 0.25) is 0 Å². The van der Waals surface area contributed by atoms with Crippen molar-refractivity contribution in [2.75, 3.05) is 0 Å². The van der Waals surface area contributed by atoms with Gasteiger partial charge in [0.1, 0.15) is 11.5 Å². The highest BCUT2D eigenvalue weighted by molar-refractivity contribution is 5.95. The van der Waals surface area contributed by atoms with Gasteiger partial charge in [-0.05, 0) is 32.4 Å². The van der Waals surface area contributed by atoms with Crippen molar-refractivity contribution in [1.29, 1.82) is 0 Å². The maximum absolute atomic E-state index is 11.8. The first-order chi connectivity index (χ1) is 9.06. The molecule has 0 spiro atoms. The van der Waals surface area contributed by atoms with Crippen LogP contribution < -0.4 is 5.43 Å². The molecule has 0 radical (unpaired) electrons. The molecule has 1 amide bonds. The molecule has 1 N–H and O–H groups in total. The molecule has 0 unspecified atom stereocenters. The molecule has 2 rings (SSSR count). The third kappa shape index (κ3) is 3.31. The van der Waals surface area contributed by atoms with Crippen LogP contribution in [-0.2, 0) is 0 Å². The van der Waals surface area contributed by atoms with E-state index >= 15 is 0 Å². The summed E-state index contributed by atoms with van der Waals surface area (Å²) >= 11 is 0. The smallest absolute Gasteiger partial charge is 0.274 e. The predicted molar refractivity (Wildman–Crippen MR) is 74.4 cm³/mol. The van der Waals surface area contributed by atoms with E-state index in [4.69, 9.17) is 4.42 Å². The highest BCUT2D eigenvalue weighted by atomic mass is 16.3. The molecule has 1 aromatic heterocycles. The van der Waals surface area contributed by atoms with Gasteiger partial charge in [0, 0.05) is 0 Å². The lowest BCUT2D eigenvalue weighted by atomic mass is 10.2. The molecule has 1 heterocycles. The first kappa shape index (κ1) is 13.1. The Morgan fingerprint density at radius 1 is 1.21 bits per heavy atom. The SMILES string of the molecule is Cc1ccc(/C=N\NC(=O)c2cc(C)oc2C)cc1. The lowest BCUT2D eigenvalue weighted by Gasteiger charge is -1.97. The zero-order valence-corrected chi connectivity index (χ0v) is 11.2. The largest absolute Gasteiger partial charge is 0.466 e. The fourth-order valence-electron chi connectivity index (χ4n) is 1.73. The maximum atomic E-state index is 11.8. The van der Waals surface area contributed by atoms with Crippen molar-refractivity contribution in [2.24, 2.45) is 5.10 Å². The molecular weight excluding hydrogens is 240 g/mol. The quantitative estimate of drug-likeness (QED) is 0.678. The van der Waals surface area contributed by atoms with Crippen molar-refractivity contribution in [3.05, 3.63) is 58.5 Å². The Kier molecular flexibility index (Phi) is 3.80. The van der Waals surface area contributed by atoms with Crippen LogP contribution in [-0.4, -0.2) is 12.1 Å². The van der Waals surface area contributed by atoms with Crippen LogP contribution in [0.5, 0.6) is 0 Å². The van der Waals surface area contributed by atoms with Crippen LogP contribution in [0.2, 0.25) is 0 Å². The molecule has 0 aliphatic carbocycles. The van der Waals surface area contributed by atoms with E-state index in [2.05, 4.69) is 10.5 Å². The molecule has 0 atom stereocenters. The van der Waals surface area contributed by atoms with Crippen LogP contribution in [0.25, 0.3) is 0 Å². The molecule has 2 aromatic rings. The molecule has 4 heteroatoms. The van der Waals surface area contributed by atoms with Gasteiger partial charge in [-0.15, -0.1) is 0 Å². The third-order valence-electron chi connectivity index (χ3n) is 2.74. The molecule has 0 saturated heterocycles. The Bertz CT molecular complexity index is 610. The van der Waals surface area contributed by atoms with Crippen molar-refractivity contribution < 1.29 is 9.21 Å². The number of aryl methyl sites for hydroxylation is 3. The van der Waals surface area contributed by atoms with Gasteiger partial charge in [0.25, 0.3) is 5.91 Å². The van der Waals surface area contributed by atoms with Crippen LogP contribution in [0.4, 0.5) is 0 Å². The molecule has 0 fully saturated rings. The molecule has 98 valence electrons. The van der Waals surface area contributed by atoms with E-state index in [1.54, 1.807) is 26.1 Å². The zero-order chi connectivity index (χ0) is 13.8. The molecular formula is C15H16N2O2. The van der Waals surface area contributed by atoms with Crippen LogP contribution in [0.15, 0.2) is 39.9 Å². The van der Waals surface area contributed by atoms with E-state index in [-0.39, 0.29) is 5.91 Å². The summed E-state index contributed by atoms with van der Waals surface area (Å²) in [5.74, 6) is 1.04. The minimum Gasteiger partial charge on any atom is -0.466 e. The minimum absolute atomic E-state index is 0.266. The minimum atomic E-state index is -0.266. The Balaban J connectivity index is 2.00. The number of amides is 1. The number of hydrogen-bond acceptors (Lipinski definition) is 3. The first-order valence-electron chi connectivity index (χ1n) is 6.03. The Morgan fingerprint density at radius 2 is 1.89 bits per heavy atom. The van der Waals surface area contributed by atoms with Crippen LogP contribution in [0, 0.1) is 20.8 Å². The maximum Gasteiger partial charge on any atom is 0.274 e. The number of nitrogens with zero attached hydrogens (tertiary/aromatic N) is 1. The summed E-state index contributed by atoms with van der Waals surface area (Å²) in [6, 6.07) is 9.57. The Labute approximate surface area is 112 Å². The number of hydrogen-bond donors (Lipinski definition) is 1. The highest BCUT2D eigenvalue weighted by Crippen LogP contribution is 2.13. The summed E-state index contributed by atoms with van der Waals surface area (Å²) in [5.41, 5.74) is 5.12. The van der Waals surface area contributed by atoms with Crippen molar-refractivity contribution in [2.45, 2.75) is 20.8 Å². The van der Waals surface area contributed by atoms with Crippen LogP contribution in [0.1, 0.15) is 33.0 Å². The standard InChI is InChI=1S/C15H16N2O2/c1-10-4-6-13(7-5-10)9-16-17-15(18)14-8-11(2)19-12(14)3/h4-9H,1-3H3,(H,17,18)/b16-9-. The number of carbonyl (C=O) groups excluding carboxylic acids is 1. The van der Waals surface area contributed by atoms with E-state index in [1.807, 2.05) is 31.2 Å². The topological polar surface area (TPSA) is 54.6 Å². The van der Waals surface area contributed by atoms with E-state index in [0.29, 0.717) is 17.1 Å². The number of benzene rings is 1. The third-order valence-corrected chi connectivity index (χ3v) is 2.74. The lowest BCUT2D eigenvalue weighted by molar-refractivity contribution is 0.0953. The first-order valence-corrected chi connectivity index (χ1v) is 6.03. The Morgan fingerprint density at radius 3 is 2.47 bits per heavy atom. The molecule has 4 nitrogen and oxygen atoms in total. The summed E-state index contributed by atoms with van der Waals surface area (Å²) in [6.45, 7) is 5.58. The second kappa shape index (κ2) is 5.52. The van der Waals surface area contributed by atoms with Gasteiger partial charge >= 0.3 is 0 Å². The zero-order valence-electron chi connectivity index (χ0n) is 11.2. The highest BCUT2D eigenvalue weighted by Gasteiger charge is 2.12. The Hall–Kier alpha value is -2.36. The normalized spacial score (nSPS) is 10.9. The number of hydrazone groups is 1. The van der Waals surface area contributed by atoms with E-state index in [9.17, 15) is 4.79 Å². The van der Waals surface area contributed by atoms with Crippen molar-refractivity contribution >= 4 is 12.1 Å². The summed E-state index contributed by atoms with van der Waals surface area (Å²) in [4.78, 5) is 11.8. The van der Waals surface area contributed by atoms with E-state index in [1.165, 1.54) is 5.56 Å². The van der Waals surface area contributed by atoms with Gasteiger partial charge in [0.05, 0.1) is 11.8 Å². The van der Waals surface area contributed by atoms with Crippen LogP contribution in [0.3, 0.4) is 0 Å². The summed E-state index contributed by atoms with van der Waals surface area (Å²) in [5, 5.41) is 3.93. The van der Waals surface area contributed by atoms with Crippen molar-refractivity contribution in [3.8, 4) is 0 Å². The van der Waals surface area contributed by atoms with Crippen molar-refractivity contribution in [3.63, 3.8) is 0 Å². The number of furan rings is 1. The lowest BCUT2D eigenvalue weighted by Crippen LogP contribution is -2.17. The second-order valence-electron chi connectivity index (χ2n) is 4.44. The molecule has 1 aromatic carbocycles. The molecule has 0 aliphatic rings. The average Bonchev–Trinajstić information content (AvgIpc) is 2.71. The molecule has 0 aliphatic heterocycles. The summed E-state index contributed by atoms with van der Waals surface area (Å²) in [7, 11) is 0. The monoisotopic (exact) mass is 256 g/mol. The van der Waals surface area contributed by atoms with Crippen molar-refractivity contribution in [1.82, 2.24) is 5.43 Å². The van der Waals surface area contributed by atoms with E-state index < -0.39 is 0 Å². The number of nitrogens with one attached hydrogen (secondary N) is 1. The van der Waals surface area contributed by atoms with E-state index in [0.717, 1.165) is 5.56 Å². The van der Waals surface area contributed by atoms with Gasteiger partial charge in [-0.25, -0.2) is 5.43 Å². The predicted octanol–water partition coefficient (Wildman–Crippen LogP) is 2.97. The molecule has 0 saturated carbocycles. The van der Waals surface area contributed by atoms with Gasteiger partial charge in [-0.2, -0.15) is 5.10 Å². The van der Waals surface area contributed by atoms with Gasteiger partial charge in [-0.3, -0.25) is 4.79 Å². The van der Waals surface area contributed by atoms with Crippen LogP contribution >= 0.6 is 0 Å². The van der Waals surface area contributed by atoms with Gasteiger partial charge < -0.3 is 4.42 Å².